The van der Waals surface area contributed by atoms with E-state index >= 15 is 0 Å². The number of hydrogen-bond acceptors (Lipinski definition) is 4. The van der Waals surface area contributed by atoms with Gasteiger partial charge in [-0.2, -0.15) is 4.98 Å². The minimum Gasteiger partial charge on any atom is -0.339 e. The van der Waals surface area contributed by atoms with Gasteiger partial charge in [-0.15, -0.1) is 0 Å². The molecule has 3 rings (SSSR count). The number of nitrogens with one attached hydrogen (secondary N) is 1. The van der Waals surface area contributed by atoms with Gasteiger partial charge in [-0.25, -0.2) is 0 Å². The van der Waals surface area contributed by atoms with Crippen molar-refractivity contribution in [3.63, 3.8) is 0 Å². The van der Waals surface area contributed by atoms with Gasteiger partial charge in [0.15, 0.2) is 0 Å². The molecule has 1 heterocycles. The number of hydrogen-bond donors (Lipinski definition) is 1. The first-order valence-electron chi connectivity index (χ1n) is 9.41. The Bertz CT molecular complexity index is 909. The topological polar surface area (TPSA) is 68.0 Å². The Morgan fingerprint density at radius 3 is 2.41 bits per heavy atom. The van der Waals surface area contributed by atoms with Gasteiger partial charge in [0.2, 0.25) is 17.6 Å². The van der Waals surface area contributed by atoms with Crippen molar-refractivity contribution in [2.24, 2.45) is 0 Å². The van der Waals surface area contributed by atoms with Crippen LogP contribution in [0.15, 0.2) is 47.0 Å². The van der Waals surface area contributed by atoms with E-state index < -0.39 is 0 Å². The van der Waals surface area contributed by atoms with Crippen molar-refractivity contribution in [2.45, 2.75) is 46.5 Å². The highest BCUT2D eigenvalue weighted by molar-refractivity contribution is 5.92. The summed E-state index contributed by atoms with van der Waals surface area (Å²) >= 11 is 0. The maximum Gasteiger partial charge on any atom is 0.227 e. The smallest absolute Gasteiger partial charge is 0.227 e. The Kier molecular flexibility index (Phi) is 6.01. The number of carbonyl (C=O) groups excluding carboxylic acids is 1. The molecule has 5 nitrogen and oxygen atoms in total. The fraction of sp³-hybridized carbons (Fsp3) is 0.318. The predicted octanol–water partition coefficient (Wildman–Crippen LogP) is 4.74. The summed E-state index contributed by atoms with van der Waals surface area (Å²) in [6.07, 6.45) is 2.48. The minimum atomic E-state index is -0.0405. The molecule has 0 fully saturated rings. The summed E-state index contributed by atoms with van der Waals surface area (Å²) in [5.41, 5.74) is 5.29. The number of aryl methyl sites for hydroxylation is 4. The van der Waals surface area contributed by atoms with Crippen LogP contribution in [0.2, 0.25) is 0 Å². The van der Waals surface area contributed by atoms with Crippen LogP contribution in [-0.4, -0.2) is 16.0 Å². The van der Waals surface area contributed by atoms with E-state index in [0.717, 1.165) is 40.8 Å². The Balaban J connectivity index is 1.65. The molecule has 1 N–H and O–H groups in total. The summed E-state index contributed by atoms with van der Waals surface area (Å²) in [7, 11) is 0. The van der Waals surface area contributed by atoms with Crippen LogP contribution in [0.1, 0.15) is 42.8 Å². The Labute approximate surface area is 159 Å². The first-order valence-corrected chi connectivity index (χ1v) is 9.41. The number of rotatable bonds is 7. The molecule has 1 aromatic heterocycles. The highest BCUT2D eigenvalue weighted by Gasteiger charge is 2.14. The van der Waals surface area contributed by atoms with Crippen LogP contribution in [0.5, 0.6) is 0 Å². The molecule has 27 heavy (non-hydrogen) atoms. The summed E-state index contributed by atoms with van der Waals surface area (Å²) < 4.78 is 5.32. The number of nitrogens with zero attached hydrogens (tertiary/aromatic N) is 2. The van der Waals surface area contributed by atoms with E-state index in [0.29, 0.717) is 24.6 Å². The molecule has 5 heteroatoms. The Morgan fingerprint density at radius 2 is 1.74 bits per heavy atom. The van der Waals surface area contributed by atoms with E-state index in [1.54, 1.807) is 0 Å². The number of para-hydroxylation sites is 1. The predicted molar refractivity (Wildman–Crippen MR) is 107 cm³/mol. The maximum atomic E-state index is 12.5. The van der Waals surface area contributed by atoms with Gasteiger partial charge in [-0.1, -0.05) is 61.5 Å². The Morgan fingerprint density at radius 1 is 1.04 bits per heavy atom. The summed E-state index contributed by atoms with van der Waals surface area (Å²) in [5.74, 6) is 0.997. The lowest BCUT2D eigenvalue weighted by Gasteiger charge is -2.14. The third kappa shape index (κ3) is 4.42. The van der Waals surface area contributed by atoms with Gasteiger partial charge in [0, 0.05) is 24.1 Å². The lowest BCUT2D eigenvalue weighted by Crippen LogP contribution is -2.15. The van der Waals surface area contributed by atoms with E-state index in [9.17, 15) is 4.79 Å². The molecular formula is C22H25N3O2. The second-order valence-corrected chi connectivity index (χ2v) is 6.53. The van der Waals surface area contributed by atoms with E-state index in [4.69, 9.17) is 4.52 Å². The average molecular weight is 363 g/mol. The van der Waals surface area contributed by atoms with Crippen LogP contribution in [-0.2, 0) is 24.1 Å². The molecule has 2 aromatic carbocycles. The van der Waals surface area contributed by atoms with Crippen molar-refractivity contribution < 1.29 is 9.32 Å². The molecule has 0 saturated heterocycles. The number of amides is 1. The van der Waals surface area contributed by atoms with Crippen LogP contribution in [0.25, 0.3) is 11.4 Å². The lowest BCUT2D eigenvalue weighted by atomic mass is 10.0. The number of aromatic nitrogens is 2. The summed E-state index contributed by atoms with van der Waals surface area (Å²) in [6.45, 7) is 6.20. The zero-order chi connectivity index (χ0) is 19.2. The van der Waals surface area contributed by atoms with E-state index in [1.807, 2.05) is 37.3 Å². The molecule has 0 unspecified atom stereocenters. The minimum absolute atomic E-state index is 0.0405. The fourth-order valence-electron chi connectivity index (χ4n) is 3.12. The molecule has 0 aliphatic heterocycles. The zero-order valence-electron chi connectivity index (χ0n) is 16.1. The van der Waals surface area contributed by atoms with Crippen LogP contribution < -0.4 is 5.32 Å². The zero-order valence-corrected chi connectivity index (χ0v) is 16.1. The van der Waals surface area contributed by atoms with E-state index in [2.05, 4.69) is 41.4 Å². The molecule has 0 aliphatic carbocycles. The maximum absolute atomic E-state index is 12.5. The largest absolute Gasteiger partial charge is 0.339 e. The van der Waals surface area contributed by atoms with Crippen molar-refractivity contribution in [1.29, 1.82) is 0 Å². The third-order valence-electron chi connectivity index (χ3n) is 4.68. The monoisotopic (exact) mass is 363 g/mol. The van der Waals surface area contributed by atoms with Crippen LogP contribution in [0, 0.1) is 6.92 Å². The molecular weight excluding hydrogens is 338 g/mol. The third-order valence-corrected chi connectivity index (χ3v) is 4.68. The van der Waals surface area contributed by atoms with Crippen LogP contribution in [0.4, 0.5) is 5.69 Å². The van der Waals surface area contributed by atoms with Crippen molar-refractivity contribution in [3.8, 4) is 11.4 Å². The van der Waals surface area contributed by atoms with E-state index in [-0.39, 0.29) is 5.91 Å². The molecule has 0 atom stereocenters. The summed E-state index contributed by atoms with van der Waals surface area (Å²) in [5, 5.41) is 7.12. The molecule has 0 aliphatic rings. The SMILES string of the molecule is CCc1cccc(CC)c1NC(=O)CCc1nc(-c2ccccc2C)no1. The molecule has 3 aromatic rings. The van der Waals surface area contributed by atoms with Crippen molar-refractivity contribution in [3.05, 3.63) is 65.0 Å². The summed E-state index contributed by atoms with van der Waals surface area (Å²) in [6, 6.07) is 14.0. The van der Waals surface area contributed by atoms with Gasteiger partial charge in [0.1, 0.15) is 0 Å². The van der Waals surface area contributed by atoms with Crippen molar-refractivity contribution >= 4 is 11.6 Å². The van der Waals surface area contributed by atoms with Gasteiger partial charge in [-0.3, -0.25) is 4.79 Å². The molecule has 0 saturated carbocycles. The van der Waals surface area contributed by atoms with Gasteiger partial charge in [-0.05, 0) is 36.5 Å². The standard InChI is InChI=1S/C22H25N3O2/c1-4-16-10-8-11-17(5-2)21(16)23-19(26)13-14-20-24-22(25-27-20)18-12-7-6-9-15(18)3/h6-12H,4-5,13-14H2,1-3H3,(H,23,26). The molecule has 0 spiro atoms. The lowest BCUT2D eigenvalue weighted by molar-refractivity contribution is -0.116. The van der Waals surface area contributed by atoms with Gasteiger partial charge >= 0.3 is 0 Å². The first kappa shape index (κ1) is 18.8. The van der Waals surface area contributed by atoms with E-state index in [1.165, 1.54) is 0 Å². The average Bonchev–Trinajstić information content (AvgIpc) is 3.15. The second-order valence-electron chi connectivity index (χ2n) is 6.53. The number of carbonyl (C=O) groups is 1. The molecule has 1 amide bonds. The normalized spacial score (nSPS) is 10.8. The molecule has 0 bridgehead atoms. The summed E-state index contributed by atoms with van der Waals surface area (Å²) in [4.78, 5) is 16.9. The van der Waals surface area contributed by atoms with Crippen LogP contribution >= 0.6 is 0 Å². The van der Waals surface area contributed by atoms with Crippen molar-refractivity contribution in [1.82, 2.24) is 10.1 Å². The number of benzene rings is 2. The van der Waals surface area contributed by atoms with Crippen molar-refractivity contribution in [2.75, 3.05) is 5.32 Å². The first-order chi connectivity index (χ1) is 13.1. The molecule has 0 radical (unpaired) electrons. The fourth-order valence-corrected chi connectivity index (χ4v) is 3.12. The Hall–Kier alpha value is -2.95. The van der Waals surface area contributed by atoms with Gasteiger partial charge in [0.25, 0.3) is 0 Å². The number of anilines is 1. The van der Waals surface area contributed by atoms with Gasteiger partial charge in [0.05, 0.1) is 0 Å². The second kappa shape index (κ2) is 8.62. The molecule has 140 valence electrons. The highest BCUT2D eigenvalue weighted by atomic mass is 16.5. The van der Waals surface area contributed by atoms with Gasteiger partial charge < -0.3 is 9.84 Å². The van der Waals surface area contributed by atoms with Crippen LogP contribution in [0.3, 0.4) is 0 Å². The quantitative estimate of drug-likeness (QED) is 0.658. The highest BCUT2D eigenvalue weighted by Crippen LogP contribution is 2.23.